The number of nitrogens with zero attached hydrogens (tertiary/aromatic N) is 2. The Hall–Kier alpha value is -1.56. The van der Waals surface area contributed by atoms with Crippen LogP contribution in [0.15, 0.2) is 24.0 Å². The third-order valence-corrected chi connectivity index (χ3v) is 5.23. The van der Waals surface area contributed by atoms with Crippen molar-refractivity contribution in [3.8, 4) is 5.88 Å². The van der Waals surface area contributed by atoms with Crippen molar-refractivity contribution in [3.05, 3.63) is 24.0 Å². The molecule has 0 saturated carbocycles. The van der Waals surface area contributed by atoms with Crippen molar-refractivity contribution in [1.82, 2.24) is 9.78 Å². The Morgan fingerprint density at radius 2 is 2.00 bits per heavy atom. The van der Waals surface area contributed by atoms with Crippen molar-refractivity contribution < 1.29 is 14.3 Å². The van der Waals surface area contributed by atoms with E-state index >= 15 is 0 Å². The van der Waals surface area contributed by atoms with E-state index in [9.17, 15) is 4.79 Å². The molecule has 1 heterocycles. The van der Waals surface area contributed by atoms with Gasteiger partial charge in [-0.2, -0.15) is 4.68 Å². The first-order valence-electron chi connectivity index (χ1n) is 7.09. The normalized spacial score (nSPS) is 12.1. The molecular formula is C15H26N2O3Si. The van der Waals surface area contributed by atoms with Gasteiger partial charge in [-0.05, 0) is 27.2 Å². The van der Waals surface area contributed by atoms with Crippen molar-refractivity contribution in [1.29, 1.82) is 0 Å². The number of carbonyl (C=O) groups is 1. The first-order chi connectivity index (χ1) is 9.49. The highest BCUT2D eigenvalue weighted by Crippen LogP contribution is 2.17. The van der Waals surface area contributed by atoms with Gasteiger partial charge in [-0.15, -0.1) is 11.7 Å². The summed E-state index contributed by atoms with van der Waals surface area (Å²) in [6, 6.07) is 1.65. The van der Waals surface area contributed by atoms with Crippen LogP contribution >= 0.6 is 0 Å². The smallest absolute Gasteiger partial charge is 0.435 e. The molecule has 0 radical (unpaired) electrons. The number of carbonyl (C=O) groups excluding carboxylic acids is 1. The Balaban J connectivity index is 2.49. The highest BCUT2D eigenvalue weighted by atomic mass is 28.3. The predicted molar refractivity (Wildman–Crippen MR) is 86.5 cm³/mol. The molecule has 1 aromatic rings. The lowest BCUT2D eigenvalue weighted by Crippen LogP contribution is -2.27. The lowest BCUT2D eigenvalue weighted by atomic mass is 10.2. The number of rotatable bonds is 5. The molecule has 6 heteroatoms. The summed E-state index contributed by atoms with van der Waals surface area (Å²) in [4.78, 5) is 11.8. The molecule has 118 valence electrons. The van der Waals surface area contributed by atoms with Crippen LogP contribution in [0.5, 0.6) is 5.88 Å². The predicted octanol–water partition coefficient (Wildman–Crippen LogP) is 3.87. The van der Waals surface area contributed by atoms with Crippen LogP contribution in [0.2, 0.25) is 19.6 Å². The number of ether oxygens (including phenoxy) is 2. The molecule has 0 saturated heterocycles. The lowest BCUT2D eigenvalue weighted by molar-refractivity contribution is 0.0512. The van der Waals surface area contributed by atoms with Crippen molar-refractivity contribution >= 4 is 14.2 Å². The van der Waals surface area contributed by atoms with E-state index in [1.165, 1.54) is 11.4 Å². The second kappa shape index (κ2) is 6.47. The van der Waals surface area contributed by atoms with Gasteiger partial charge in [0.1, 0.15) is 5.60 Å². The monoisotopic (exact) mass is 310 g/mol. The zero-order valence-corrected chi connectivity index (χ0v) is 14.9. The fraction of sp³-hybridized carbons (Fsp3) is 0.600. The first kappa shape index (κ1) is 17.5. The van der Waals surface area contributed by atoms with Crippen LogP contribution in [-0.4, -0.2) is 36.2 Å². The van der Waals surface area contributed by atoms with Crippen molar-refractivity contribution in [2.75, 3.05) is 6.61 Å². The third-order valence-electron chi connectivity index (χ3n) is 2.86. The first-order valence-corrected chi connectivity index (χ1v) is 10.6. The standard InChI is InChI=1S/C15H26N2O3Si/c1-12(21(5,6)7)9-11-19-13-8-10-17(16-13)14(18)20-15(2,3)4/h8,10H,1,9,11H2,2-7H3. The fourth-order valence-corrected chi connectivity index (χ4v) is 2.30. The van der Waals surface area contributed by atoms with Gasteiger partial charge in [0.25, 0.3) is 0 Å². The average Bonchev–Trinajstić information content (AvgIpc) is 2.74. The molecule has 0 aliphatic carbocycles. The second-order valence-electron chi connectivity index (χ2n) is 7.03. The lowest BCUT2D eigenvalue weighted by Gasteiger charge is -2.19. The van der Waals surface area contributed by atoms with Crippen molar-refractivity contribution in [2.24, 2.45) is 0 Å². The van der Waals surface area contributed by atoms with Gasteiger partial charge in [0.2, 0.25) is 5.88 Å². The van der Waals surface area contributed by atoms with E-state index in [1.54, 1.807) is 6.07 Å². The van der Waals surface area contributed by atoms with Crippen LogP contribution < -0.4 is 4.74 Å². The van der Waals surface area contributed by atoms with Crippen LogP contribution in [0.25, 0.3) is 0 Å². The minimum absolute atomic E-state index is 0.421. The Labute approximate surface area is 127 Å². The highest BCUT2D eigenvalue weighted by Gasteiger charge is 2.19. The molecule has 0 atom stereocenters. The zero-order valence-electron chi connectivity index (χ0n) is 13.9. The summed E-state index contributed by atoms with van der Waals surface area (Å²) in [5.41, 5.74) is -0.543. The van der Waals surface area contributed by atoms with Gasteiger partial charge in [0, 0.05) is 12.3 Å². The van der Waals surface area contributed by atoms with E-state index in [0.29, 0.717) is 12.5 Å². The summed E-state index contributed by atoms with van der Waals surface area (Å²) in [6.45, 7) is 16.8. The van der Waals surface area contributed by atoms with Gasteiger partial charge in [-0.25, -0.2) is 4.79 Å². The summed E-state index contributed by atoms with van der Waals surface area (Å²) >= 11 is 0. The third kappa shape index (κ3) is 6.16. The minimum Gasteiger partial charge on any atom is -0.476 e. The molecule has 0 bridgehead atoms. The van der Waals surface area contributed by atoms with Crippen LogP contribution in [0.4, 0.5) is 4.79 Å². The molecule has 1 aromatic heterocycles. The number of hydrogen-bond donors (Lipinski definition) is 0. The average molecular weight is 310 g/mol. The Morgan fingerprint density at radius 3 is 2.52 bits per heavy atom. The molecule has 0 fully saturated rings. The van der Waals surface area contributed by atoms with Crippen LogP contribution in [0, 0.1) is 0 Å². The molecule has 0 unspecified atom stereocenters. The maximum atomic E-state index is 11.8. The van der Waals surface area contributed by atoms with Crippen molar-refractivity contribution in [3.63, 3.8) is 0 Å². The molecule has 0 aliphatic heterocycles. The maximum absolute atomic E-state index is 11.8. The maximum Gasteiger partial charge on any atom is 0.435 e. The van der Waals surface area contributed by atoms with Crippen LogP contribution in [0.1, 0.15) is 27.2 Å². The zero-order chi connectivity index (χ0) is 16.3. The van der Waals surface area contributed by atoms with E-state index in [0.717, 1.165) is 11.1 Å². The second-order valence-corrected chi connectivity index (χ2v) is 12.2. The molecule has 0 N–H and O–H groups in total. The Bertz CT molecular complexity index is 510. The molecule has 0 aliphatic rings. The molecule has 0 amide bonds. The molecule has 1 rings (SSSR count). The largest absolute Gasteiger partial charge is 0.476 e. The highest BCUT2D eigenvalue weighted by molar-refractivity contribution is 6.82. The van der Waals surface area contributed by atoms with E-state index in [4.69, 9.17) is 9.47 Å². The molecule has 5 nitrogen and oxygen atoms in total. The van der Waals surface area contributed by atoms with Crippen LogP contribution in [0.3, 0.4) is 0 Å². The molecule has 0 aromatic carbocycles. The van der Waals surface area contributed by atoms with E-state index < -0.39 is 19.8 Å². The van der Waals surface area contributed by atoms with Gasteiger partial charge >= 0.3 is 6.09 Å². The summed E-state index contributed by atoms with van der Waals surface area (Å²) in [7, 11) is -1.31. The van der Waals surface area contributed by atoms with Gasteiger partial charge in [-0.3, -0.25) is 0 Å². The van der Waals surface area contributed by atoms with Gasteiger partial charge in [-0.1, -0.05) is 24.8 Å². The minimum atomic E-state index is -1.31. The van der Waals surface area contributed by atoms with E-state index in [-0.39, 0.29) is 0 Å². The van der Waals surface area contributed by atoms with Crippen molar-refractivity contribution in [2.45, 2.75) is 52.4 Å². The molecule has 0 spiro atoms. The summed E-state index contributed by atoms with van der Waals surface area (Å²) in [5.74, 6) is 0.421. The van der Waals surface area contributed by atoms with E-state index in [1.807, 2.05) is 20.8 Å². The number of aromatic nitrogens is 2. The quantitative estimate of drug-likeness (QED) is 0.775. The fourth-order valence-electron chi connectivity index (χ4n) is 1.45. The summed E-state index contributed by atoms with van der Waals surface area (Å²) < 4.78 is 11.9. The molecule has 21 heavy (non-hydrogen) atoms. The summed E-state index contributed by atoms with van der Waals surface area (Å²) in [6.07, 6.45) is 1.84. The Morgan fingerprint density at radius 1 is 1.38 bits per heavy atom. The summed E-state index contributed by atoms with van der Waals surface area (Å²) in [5, 5.41) is 5.31. The van der Waals surface area contributed by atoms with Crippen LogP contribution in [-0.2, 0) is 4.74 Å². The van der Waals surface area contributed by atoms with E-state index in [2.05, 4.69) is 31.3 Å². The van der Waals surface area contributed by atoms with Gasteiger partial charge in [0.15, 0.2) is 0 Å². The van der Waals surface area contributed by atoms with Gasteiger partial charge in [0.05, 0.1) is 14.7 Å². The Kier molecular flexibility index (Phi) is 5.39. The topological polar surface area (TPSA) is 53.4 Å². The SMILES string of the molecule is C=C(CCOc1ccn(C(=O)OC(C)(C)C)n1)[Si](C)(C)C. The molecular weight excluding hydrogens is 284 g/mol. The van der Waals surface area contributed by atoms with Gasteiger partial charge < -0.3 is 9.47 Å². The number of hydrogen-bond acceptors (Lipinski definition) is 4.